The van der Waals surface area contributed by atoms with Gasteiger partial charge >= 0.3 is 0 Å². The Hall–Kier alpha value is -1.29. The number of amides is 1. The highest BCUT2D eigenvalue weighted by Crippen LogP contribution is 2.20. The Labute approximate surface area is 105 Å². The molecule has 1 atom stereocenters. The molecule has 2 rings (SSSR count). The van der Waals surface area contributed by atoms with E-state index in [9.17, 15) is 9.59 Å². The van der Waals surface area contributed by atoms with Gasteiger partial charge in [-0.05, 0) is 12.0 Å². The molecule has 0 N–H and O–H groups in total. The topological polar surface area (TPSA) is 37.4 Å². The first-order valence-corrected chi connectivity index (χ1v) is 6.83. The largest absolute Gasteiger partial charge is 0.323 e. The summed E-state index contributed by atoms with van der Waals surface area (Å²) < 4.78 is 0. The van der Waals surface area contributed by atoms with E-state index < -0.39 is 0 Å². The summed E-state index contributed by atoms with van der Waals surface area (Å²) in [5, 5.41) is 0. The Morgan fingerprint density at radius 2 is 2.18 bits per heavy atom. The van der Waals surface area contributed by atoms with Gasteiger partial charge in [0.1, 0.15) is 6.29 Å². The minimum absolute atomic E-state index is 0.0796. The summed E-state index contributed by atoms with van der Waals surface area (Å²) in [6, 6.07) is 9.72. The van der Waals surface area contributed by atoms with Crippen molar-refractivity contribution in [2.45, 2.75) is 18.9 Å². The summed E-state index contributed by atoms with van der Waals surface area (Å²) in [6.07, 6.45) is 2.10. The van der Waals surface area contributed by atoms with Crippen molar-refractivity contribution < 1.29 is 9.59 Å². The van der Waals surface area contributed by atoms with Gasteiger partial charge in [-0.25, -0.2) is 0 Å². The fourth-order valence-electron chi connectivity index (χ4n) is 1.87. The molecule has 1 aromatic carbocycles. The van der Waals surface area contributed by atoms with Crippen molar-refractivity contribution in [3.63, 3.8) is 0 Å². The Morgan fingerprint density at radius 3 is 2.88 bits per heavy atom. The molecule has 1 aliphatic heterocycles. The van der Waals surface area contributed by atoms with Crippen LogP contribution in [0.2, 0.25) is 0 Å². The first-order valence-electron chi connectivity index (χ1n) is 5.67. The second kappa shape index (κ2) is 5.87. The van der Waals surface area contributed by atoms with E-state index in [1.807, 2.05) is 30.3 Å². The second-order valence-electron chi connectivity index (χ2n) is 4.05. The summed E-state index contributed by atoms with van der Waals surface area (Å²) in [7, 11) is 0. The summed E-state index contributed by atoms with van der Waals surface area (Å²) in [5.41, 5.74) is 1.16. The third-order valence-electron chi connectivity index (χ3n) is 2.87. The summed E-state index contributed by atoms with van der Waals surface area (Å²) in [4.78, 5) is 24.4. The molecule has 1 aliphatic rings. The molecule has 0 aliphatic carbocycles. The van der Waals surface area contributed by atoms with Crippen molar-refractivity contribution in [3.05, 3.63) is 35.9 Å². The van der Waals surface area contributed by atoms with Crippen LogP contribution in [0.15, 0.2) is 30.3 Å². The highest BCUT2D eigenvalue weighted by molar-refractivity contribution is 7.99. The molecule has 0 radical (unpaired) electrons. The van der Waals surface area contributed by atoms with Crippen LogP contribution in [0, 0.1) is 0 Å². The van der Waals surface area contributed by atoms with Crippen LogP contribution in [-0.4, -0.2) is 34.8 Å². The molecule has 1 saturated heterocycles. The highest BCUT2D eigenvalue weighted by atomic mass is 32.2. The molecular weight excluding hydrogens is 234 g/mol. The van der Waals surface area contributed by atoms with Gasteiger partial charge in [0.15, 0.2) is 0 Å². The van der Waals surface area contributed by atoms with Gasteiger partial charge in [0.25, 0.3) is 0 Å². The third kappa shape index (κ3) is 3.09. The number of thioether (sulfide) groups is 1. The number of aldehydes is 1. The number of nitrogens with zero attached hydrogens (tertiary/aromatic N) is 1. The lowest BCUT2D eigenvalue weighted by molar-refractivity contribution is -0.134. The SMILES string of the molecule is O=CC1CSCN1C(=O)CCc1ccccc1. The Balaban J connectivity index is 1.87. The van der Waals surface area contributed by atoms with E-state index in [0.717, 1.165) is 24.0 Å². The van der Waals surface area contributed by atoms with Gasteiger partial charge in [-0.15, -0.1) is 11.8 Å². The molecule has 90 valence electrons. The van der Waals surface area contributed by atoms with Crippen molar-refractivity contribution >= 4 is 24.0 Å². The highest BCUT2D eigenvalue weighted by Gasteiger charge is 2.28. The Kier molecular flexibility index (Phi) is 4.20. The van der Waals surface area contributed by atoms with E-state index in [1.165, 1.54) is 0 Å². The van der Waals surface area contributed by atoms with Crippen LogP contribution in [0.5, 0.6) is 0 Å². The minimum Gasteiger partial charge on any atom is -0.323 e. The number of hydrogen-bond acceptors (Lipinski definition) is 3. The maximum atomic E-state index is 11.9. The van der Waals surface area contributed by atoms with Crippen LogP contribution in [0.3, 0.4) is 0 Å². The van der Waals surface area contributed by atoms with Gasteiger partial charge in [0, 0.05) is 12.2 Å². The lowest BCUT2D eigenvalue weighted by Crippen LogP contribution is -2.37. The van der Waals surface area contributed by atoms with Gasteiger partial charge in [0.05, 0.1) is 11.9 Å². The molecule has 1 heterocycles. The third-order valence-corrected chi connectivity index (χ3v) is 3.91. The maximum absolute atomic E-state index is 11.9. The number of carbonyl (C=O) groups excluding carboxylic acids is 2. The van der Waals surface area contributed by atoms with Crippen molar-refractivity contribution in [1.29, 1.82) is 0 Å². The first kappa shape index (κ1) is 12.2. The van der Waals surface area contributed by atoms with E-state index in [0.29, 0.717) is 12.3 Å². The van der Waals surface area contributed by atoms with Crippen molar-refractivity contribution in [2.75, 3.05) is 11.6 Å². The van der Waals surface area contributed by atoms with Crippen LogP contribution in [0.25, 0.3) is 0 Å². The number of hydrogen-bond donors (Lipinski definition) is 0. The smallest absolute Gasteiger partial charge is 0.224 e. The molecule has 1 amide bonds. The molecule has 1 aromatic rings. The zero-order valence-electron chi connectivity index (χ0n) is 9.54. The Morgan fingerprint density at radius 1 is 1.41 bits per heavy atom. The standard InChI is InChI=1S/C13H15NO2S/c15-8-12-9-17-10-14(12)13(16)7-6-11-4-2-1-3-5-11/h1-5,8,12H,6-7,9-10H2. The number of aryl methyl sites for hydroxylation is 1. The summed E-state index contributed by atoms with van der Waals surface area (Å²) >= 11 is 1.64. The zero-order chi connectivity index (χ0) is 12.1. The van der Waals surface area contributed by atoms with Crippen LogP contribution in [0.4, 0.5) is 0 Å². The molecular formula is C13H15NO2S. The summed E-state index contributed by atoms with van der Waals surface area (Å²) in [6.45, 7) is 0. The van der Waals surface area contributed by atoms with E-state index in [2.05, 4.69) is 0 Å². The van der Waals surface area contributed by atoms with Crippen LogP contribution in [0.1, 0.15) is 12.0 Å². The number of carbonyl (C=O) groups is 2. The molecule has 0 bridgehead atoms. The number of benzene rings is 1. The Bertz CT molecular complexity index is 394. The maximum Gasteiger partial charge on any atom is 0.224 e. The van der Waals surface area contributed by atoms with Gasteiger partial charge < -0.3 is 9.69 Å². The van der Waals surface area contributed by atoms with E-state index in [-0.39, 0.29) is 11.9 Å². The quantitative estimate of drug-likeness (QED) is 0.762. The lowest BCUT2D eigenvalue weighted by atomic mass is 10.1. The predicted molar refractivity (Wildman–Crippen MR) is 68.8 cm³/mol. The van der Waals surface area contributed by atoms with E-state index in [1.54, 1.807) is 16.7 Å². The van der Waals surface area contributed by atoms with Gasteiger partial charge in [0.2, 0.25) is 5.91 Å². The molecule has 0 spiro atoms. The normalized spacial score (nSPS) is 19.3. The van der Waals surface area contributed by atoms with Gasteiger partial charge in [-0.3, -0.25) is 4.79 Å². The second-order valence-corrected chi connectivity index (χ2v) is 5.05. The monoisotopic (exact) mass is 249 g/mol. The average Bonchev–Trinajstić information content (AvgIpc) is 2.85. The van der Waals surface area contributed by atoms with Gasteiger partial charge in [-0.2, -0.15) is 0 Å². The lowest BCUT2D eigenvalue weighted by Gasteiger charge is -2.19. The molecule has 4 heteroatoms. The average molecular weight is 249 g/mol. The minimum atomic E-state index is -0.219. The first-order chi connectivity index (χ1) is 8.31. The van der Waals surface area contributed by atoms with Crippen molar-refractivity contribution in [2.24, 2.45) is 0 Å². The molecule has 3 nitrogen and oxygen atoms in total. The van der Waals surface area contributed by atoms with Crippen molar-refractivity contribution in [1.82, 2.24) is 4.90 Å². The predicted octanol–water partition coefficient (Wildman–Crippen LogP) is 1.72. The number of rotatable bonds is 4. The fourth-order valence-corrected chi connectivity index (χ4v) is 3.00. The van der Waals surface area contributed by atoms with E-state index >= 15 is 0 Å². The van der Waals surface area contributed by atoms with Crippen LogP contribution in [-0.2, 0) is 16.0 Å². The molecule has 1 unspecified atom stereocenters. The summed E-state index contributed by atoms with van der Waals surface area (Å²) in [5.74, 6) is 1.47. The molecule has 0 saturated carbocycles. The van der Waals surface area contributed by atoms with Crippen LogP contribution < -0.4 is 0 Å². The van der Waals surface area contributed by atoms with Crippen molar-refractivity contribution in [3.8, 4) is 0 Å². The van der Waals surface area contributed by atoms with E-state index in [4.69, 9.17) is 0 Å². The zero-order valence-corrected chi connectivity index (χ0v) is 10.4. The fraction of sp³-hybridized carbons (Fsp3) is 0.385. The molecule has 0 aromatic heterocycles. The van der Waals surface area contributed by atoms with Crippen LogP contribution >= 0.6 is 11.8 Å². The molecule has 1 fully saturated rings. The van der Waals surface area contributed by atoms with Gasteiger partial charge in [-0.1, -0.05) is 30.3 Å². The molecule has 17 heavy (non-hydrogen) atoms.